The number of aromatic nitrogens is 3. The average molecular weight is 517 g/mol. The number of carbonyl (C=O) groups is 1. The van der Waals surface area contributed by atoms with Crippen LogP contribution in [0.2, 0.25) is 0 Å². The quantitative estimate of drug-likeness (QED) is 0.316. The van der Waals surface area contributed by atoms with Gasteiger partial charge in [-0.15, -0.1) is 10.2 Å². The maximum absolute atomic E-state index is 12.3. The molecule has 0 unspecified atom stereocenters. The summed E-state index contributed by atoms with van der Waals surface area (Å²) in [6, 6.07) is 17.7. The maximum Gasteiger partial charge on any atom is 0.264 e. The third-order valence-electron chi connectivity index (χ3n) is 6.20. The number of ether oxygens (including phenoxy) is 1. The lowest BCUT2D eigenvalue weighted by Crippen LogP contribution is -2.37. The fourth-order valence-electron chi connectivity index (χ4n) is 4.14. The van der Waals surface area contributed by atoms with E-state index < -0.39 is 0 Å². The summed E-state index contributed by atoms with van der Waals surface area (Å²) in [5.41, 5.74) is 7.34. The molecule has 0 radical (unpaired) electrons. The molecule has 0 aliphatic heterocycles. The van der Waals surface area contributed by atoms with Crippen molar-refractivity contribution in [3.63, 3.8) is 0 Å². The highest BCUT2D eigenvalue weighted by molar-refractivity contribution is 7.80. The maximum atomic E-state index is 12.3. The van der Waals surface area contributed by atoms with Gasteiger partial charge in [-0.1, -0.05) is 18.2 Å². The number of nitrogens with zero attached hydrogens (tertiary/aromatic N) is 4. The van der Waals surface area contributed by atoms with Crippen LogP contribution in [0, 0.1) is 20.8 Å². The van der Waals surface area contributed by atoms with E-state index in [1.807, 2.05) is 50.2 Å². The lowest BCUT2D eigenvalue weighted by atomic mass is 10.1. The molecule has 0 atom stereocenters. The number of hydrogen-bond acceptors (Lipinski definition) is 6. The van der Waals surface area contributed by atoms with Crippen LogP contribution in [-0.4, -0.2) is 45.7 Å². The Morgan fingerprint density at radius 2 is 1.65 bits per heavy atom. The molecule has 0 aliphatic rings. The normalized spacial score (nSPS) is 10.8. The number of carbonyl (C=O) groups excluding carboxylic acids is 1. The van der Waals surface area contributed by atoms with E-state index >= 15 is 0 Å². The van der Waals surface area contributed by atoms with Gasteiger partial charge in [-0.25, -0.2) is 0 Å². The lowest BCUT2D eigenvalue weighted by Gasteiger charge is -2.22. The molecular formula is C28H32N6O2S. The summed E-state index contributed by atoms with van der Waals surface area (Å²) in [7, 11) is 0. The molecule has 1 aromatic heterocycles. The topological polar surface area (TPSA) is 84.3 Å². The lowest BCUT2D eigenvalue weighted by molar-refractivity contribution is -0.121. The molecule has 0 aliphatic carbocycles. The highest BCUT2D eigenvalue weighted by Gasteiger charge is 2.13. The molecule has 0 saturated carbocycles. The number of rotatable bonds is 8. The standard InChI is InChI=1S/C28H32N6O2S/c1-6-33(7-2)21-12-13-25(20(5)14-21)34-31-23-15-19(4)22(16-24(23)32-34)29-28(37)30-27(35)17-36-26-11-9-8-10-18(26)3/h8-16H,6-7,17H2,1-5H3,(H2,29,30,35,37). The molecule has 4 aromatic rings. The van der Waals surface area contributed by atoms with Crippen molar-refractivity contribution in [1.29, 1.82) is 0 Å². The fraction of sp³-hybridized carbons (Fsp3) is 0.286. The van der Waals surface area contributed by atoms with Crippen LogP contribution in [0.3, 0.4) is 0 Å². The Hall–Kier alpha value is -3.98. The van der Waals surface area contributed by atoms with Crippen molar-refractivity contribution in [2.24, 2.45) is 0 Å². The third-order valence-corrected chi connectivity index (χ3v) is 6.41. The van der Waals surface area contributed by atoms with Crippen molar-refractivity contribution in [2.75, 3.05) is 29.9 Å². The monoisotopic (exact) mass is 516 g/mol. The van der Waals surface area contributed by atoms with Crippen molar-refractivity contribution in [1.82, 2.24) is 20.3 Å². The van der Waals surface area contributed by atoms with Crippen LogP contribution in [0.25, 0.3) is 16.7 Å². The highest BCUT2D eigenvalue weighted by atomic mass is 32.1. The van der Waals surface area contributed by atoms with Crippen LogP contribution in [0.5, 0.6) is 5.75 Å². The second-order valence-electron chi connectivity index (χ2n) is 8.84. The number of aryl methyl sites for hydroxylation is 3. The van der Waals surface area contributed by atoms with E-state index in [2.05, 4.69) is 54.5 Å². The summed E-state index contributed by atoms with van der Waals surface area (Å²) in [5, 5.41) is 15.3. The molecule has 192 valence electrons. The van der Waals surface area contributed by atoms with Crippen LogP contribution >= 0.6 is 12.2 Å². The largest absolute Gasteiger partial charge is 0.483 e. The van der Waals surface area contributed by atoms with Crippen LogP contribution in [0.1, 0.15) is 30.5 Å². The Bertz CT molecular complexity index is 1440. The van der Waals surface area contributed by atoms with E-state index in [0.717, 1.165) is 52.2 Å². The second-order valence-corrected chi connectivity index (χ2v) is 9.25. The number of fused-ring (bicyclic) bond motifs is 1. The molecular weight excluding hydrogens is 484 g/mol. The Morgan fingerprint density at radius 1 is 0.946 bits per heavy atom. The van der Waals surface area contributed by atoms with E-state index in [-0.39, 0.29) is 17.6 Å². The molecule has 0 spiro atoms. The average Bonchev–Trinajstić information content (AvgIpc) is 3.26. The van der Waals surface area contributed by atoms with E-state index in [1.54, 1.807) is 4.80 Å². The molecule has 8 nitrogen and oxygen atoms in total. The van der Waals surface area contributed by atoms with Crippen molar-refractivity contribution >= 4 is 45.6 Å². The minimum absolute atomic E-state index is 0.134. The summed E-state index contributed by atoms with van der Waals surface area (Å²) in [5.74, 6) is 0.327. The zero-order valence-corrected chi connectivity index (χ0v) is 22.6. The summed E-state index contributed by atoms with van der Waals surface area (Å²) in [6.07, 6.45) is 0. The van der Waals surface area contributed by atoms with E-state index in [4.69, 9.17) is 27.2 Å². The SMILES string of the molecule is CCN(CC)c1ccc(-n2nc3cc(C)c(NC(=S)NC(=O)COc4ccccc4C)cc3n2)c(C)c1. The Balaban J connectivity index is 1.45. The van der Waals surface area contributed by atoms with Gasteiger partial charge in [0.2, 0.25) is 0 Å². The van der Waals surface area contributed by atoms with Gasteiger partial charge in [0.1, 0.15) is 16.8 Å². The Morgan fingerprint density at radius 3 is 2.32 bits per heavy atom. The Kier molecular flexibility index (Phi) is 8.03. The van der Waals surface area contributed by atoms with Crippen molar-refractivity contribution in [2.45, 2.75) is 34.6 Å². The first kappa shape index (κ1) is 26.1. The van der Waals surface area contributed by atoms with Gasteiger partial charge in [0.25, 0.3) is 5.91 Å². The first-order valence-electron chi connectivity index (χ1n) is 12.3. The smallest absolute Gasteiger partial charge is 0.264 e. The van der Waals surface area contributed by atoms with Crippen LogP contribution < -0.4 is 20.3 Å². The number of amides is 1. The first-order valence-corrected chi connectivity index (χ1v) is 12.7. The van der Waals surface area contributed by atoms with Crippen LogP contribution in [0.4, 0.5) is 11.4 Å². The zero-order chi connectivity index (χ0) is 26.5. The minimum atomic E-state index is -0.339. The number of benzene rings is 3. The van der Waals surface area contributed by atoms with E-state index in [1.165, 1.54) is 5.69 Å². The number of thiocarbonyl (C=S) groups is 1. The molecule has 9 heteroatoms. The Labute approximate surface area is 222 Å². The zero-order valence-electron chi connectivity index (χ0n) is 21.8. The van der Waals surface area contributed by atoms with Gasteiger partial charge in [0.15, 0.2) is 11.7 Å². The molecule has 1 amide bonds. The van der Waals surface area contributed by atoms with Crippen LogP contribution in [0.15, 0.2) is 54.6 Å². The van der Waals surface area contributed by atoms with E-state index in [0.29, 0.717) is 5.75 Å². The highest BCUT2D eigenvalue weighted by Crippen LogP contribution is 2.25. The minimum Gasteiger partial charge on any atom is -0.483 e. The molecule has 4 rings (SSSR count). The number of anilines is 2. The van der Waals surface area contributed by atoms with Gasteiger partial charge in [-0.3, -0.25) is 10.1 Å². The fourth-order valence-corrected chi connectivity index (χ4v) is 4.36. The molecule has 0 fully saturated rings. The summed E-state index contributed by atoms with van der Waals surface area (Å²) < 4.78 is 5.60. The van der Waals surface area contributed by atoms with Crippen molar-refractivity contribution in [3.05, 3.63) is 71.3 Å². The van der Waals surface area contributed by atoms with E-state index in [9.17, 15) is 4.79 Å². The number of para-hydroxylation sites is 1. The summed E-state index contributed by atoms with van der Waals surface area (Å²) in [6.45, 7) is 12.0. The molecule has 2 N–H and O–H groups in total. The van der Waals surface area contributed by atoms with Gasteiger partial charge < -0.3 is 15.0 Å². The third kappa shape index (κ3) is 6.06. The number of nitrogens with one attached hydrogen (secondary N) is 2. The molecule has 0 bridgehead atoms. The van der Waals surface area contributed by atoms with Crippen molar-refractivity contribution in [3.8, 4) is 11.4 Å². The van der Waals surface area contributed by atoms with Gasteiger partial charge in [-0.05, 0) is 99.9 Å². The molecule has 0 saturated heterocycles. The second kappa shape index (κ2) is 11.4. The summed E-state index contributed by atoms with van der Waals surface area (Å²) >= 11 is 5.36. The van der Waals surface area contributed by atoms with Gasteiger partial charge in [-0.2, -0.15) is 4.80 Å². The van der Waals surface area contributed by atoms with Crippen LogP contribution in [-0.2, 0) is 4.79 Å². The van der Waals surface area contributed by atoms with Gasteiger partial charge >= 0.3 is 0 Å². The molecule has 1 heterocycles. The van der Waals surface area contributed by atoms with Gasteiger partial charge in [0.05, 0.1) is 5.69 Å². The predicted octanol–water partition coefficient (Wildman–Crippen LogP) is 5.08. The predicted molar refractivity (Wildman–Crippen MR) is 153 cm³/mol. The molecule has 3 aromatic carbocycles. The summed E-state index contributed by atoms with van der Waals surface area (Å²) in [4.78, 5) is 16.3. The first-order chi connectivity index (χ1) is 17.8. The molecule has 37 heavy (non-hydrogen) atoms. The number of hydrogen-bond donors (Lipinski definition) is 2. The van der Waals surface area contributed by atoms with Gasteiger partial charge in [0, 0.05) is 24.5 Å². The van der Waals surface area contributed by atoms with Crippen molar-refractivity contribution < 1.29 is 9.53 Å².